The highest BCUT2D eigenvalue weighted by molar-refractivity contribution is 6.28. The Labute approximate surface area is 140 Å². The summed E-state index contributed by atoms with van der Waals surface area (Å²) in [4.78, 5) is 10.6. The van der Waals surface area contributed by atoms with Crippen LogP contribution in [0.15, 0.2) is 18.3 Å². The van der Waals surface area contributed by atoms with Gasteiger partial charge in [-0.25, -0.2) is 9.97 Å². The Kier molecular flexibility index (Phi) is 5.48. The molecule has 7 heteroatoms. The standard InChI is InChI=1S/C16H20ClN3O3/c1-21-14-10-13-12(11-18-16(17)19-13)9-15(14)23-6-2-3-20-4-7-22-8-5-20/h9-11H,2-8H2,1H3. The second-order valence-corrected chi connectivity index (χ2v) is 5.70. The van der Waals surface area contributed by atoms with Gasteiger partial charge in [0.2, 0.25) is 5.28 Å². The molecule has 1 aromatic carbocycles. The lowest BCUT2D eigenvalue weighted by Crippen LogP contribution is -2.37. The molecule has 1 aromatic heterocycles. The van der Waals surface area contributed by atoms with Crippen LogP contribution in [0.3, 0.4) is 0 Å². The van der Waals surface area contributed by atoms with Gasteiger partial charge in [-0.05, 0) is 24.1 Å². The first kappa shape index (κ1) is 16.2. The third kappa shape index (κ3) is 4.22. The molecule has 2 aromatic rings. The maximum Gasteiger partial charge on any atom is 0.222 e. The van der Waals surface area contributed by atoms with Crippen LogP contribution in [0.4, 0.5) is 0 Å². The van der Waals surface area contributed by atoms with Gasteiger partial charge in [0.25, 0.3) is 0 Å². The van der Waals surface area contributed by atoms with E-state index in [-0.39, 0.29) is 5.28 Å². The molecule has 0 aliphatic carbocycles. The zero-order valence-corrected chi connectivity index (χ0v) is 13.9. The number of ether oxygens (including phenoxy) is 3. The highest BCUT2D eigenvalue weighted by Gasteiger charge is 2.11. The molecule has 0 saturated carbocycles. The smallest absolute Gasteiger partial charge is 0.222 e. The van der Waals surface area contributed by atoms with Crippen molar-refractivity contribution in [3.05, 3.63) is 23.6 Å². The molecule has 23 heavy (non-hydrogen) atoms. The molecular formula is C16H20ClN3O3. The van der Waals surface area contributed by atoms with E-state index in [4.69, 9.17) is 25.8 Å². The van der Waals surface area contributed by atoms with Crippen LogP contribution in [0.25, 0.3) is 10.9 Å². The number of methoxy groups -OCH3 is 1. The van der Waals surface area contributed by atoms with Crippen molar-refractivity contribution in [3.8, 4) is 11.5 Å². The van der Waals surface area contributed by atoms with Gasteiger partial charge in [0.1, 0.15) is 0 Å². The van der Waals surface area contributed by atoms with Crippen molar-refractivity contribution in [1.82, 2.24) is 14.9 Å². The van der Waals surface area contributed by atoms with Gasteiger partial charge in [-0.1, -0.05) is 0 Å². The Balaban J connectivity index is 1.61. The van der Waals surface area contributed by atoms with Gasteiger partial charge in [0.05, 0.1) is 32.4 Å². The fourth-order valence-corrected chi connectivity index (χ4v) is 2.72. The number of rotatable bonds is 6. The summed E-state index contributed by atoms with van der Waals surface area (Å²) >= 11 is 5.82. The van der Waals surface area contributed by atoms with Crippen molar-refractivity contribution in [1.29, 1.82) is 0 Å². The number of morpholine rings is 1. The monoisotopic (exact) mass is 337 g/mol. The van der Waals surface area contributed by atoms with Crippen LogP contribution < -0.4 is 9.47 Å². The van der Waals surface area contributed by atoms with E-state index in [1.165, 1.54) is 0 Å². The largest absolute Gasteiger partial charge is 0.493 e. The van der Waals surface area contributed by atoms with E-state index in [9.17, 15) is 0 Å². The summed E-state index contributed by atoms with van der Waals surface area (Å²) in [7, 11) is 1.62. The fraction of sp³-hybridized carbons (Fsp3) is 0.500. The molecule has 0 atom stereocenters. The van der Waals surface area contributed by atoms with Crippen molar-refractivity contribution in [3.63, 3.8) is 0 Å². The lowest BCUT2D eigenvalue weighted by molar-refractivity contribution is 0.0357. The Bertz CT molecular complexity index is 662. The number of halogens is 1. The van der Waals surface area contributed by atoms with E-state index in [1.807, 2.05) is 12.1 Å². The van der Waals surface area contributed by atoms with Gasteiger partial charge < -0.3 is 14.2 Å². The molecule has 0 spiro atoms. The number of aromatic nitrogens is 2. The van der Waals surface area contributed by atoms with E-state index >= 15 is 0 Å². The van der Waals surface area contributed by atoms with E-state index in [0.29, 0.717) is 18.1 Å². The number of fused-ring (bicyclic) bond motifs is 1. The van der Waals surface area contributed by atoms with Crippen LogP contribution in [-0.4, -0.2) is 61.4 Å². The average molecular weight is 338 g/mol. The predicted octanol–water partition coefficient (Wildman–Crippen LogP) is 2.39. The number of hydrogen-bond acceptors (Lipinski definition) is 6. The zero-order valence-electron chi connectivity index (χ0n) is 13.1. The highest BCUT2D eigenvalue weighted by Crippen LogP contribution is 2.31. The van der Waals surface area contributed by atoms with Crippen molar-refractivity contribution in [2.24, 2.45) is 0 Å². The summed E-state index contributed by atoms with van der Waals surface area (Å²) < 4.78 is 16.6. The normalized spacial score (nSPS) is 15.7. The zero-order chi connectivity index (χ0) is 16.1. The summed E-state index contributed by atoms with van der Waals surface area (Å²) in [6.07, 6.45) is 2.64. The van der Waals surface area contributed by atoms with E-state index in [1.54, 1.807) is 13.3 Å². The van der Waals surface area contributed by atoms with Crippen LogP contribution in [0, 0.1) is 0 Å². The molecule has 2 heterocycles. The van der Waals surface area contributed by atoms with Crippen molar-refractivity contribution in [2.75, 3.05) is 46.6 Å². The highest BCUT2D eigenvalue weighted by atomic mass is 35.5. The summed E-state index contributed by atoms with van der Waals surface area (Å²) in [6.45, 7) is 5.28. The number of nitrogens with zero attached hydrogens (tertiary/aromatic N) is 3. The van der Waals surface area contributed by atoms with E-state index < -0.39 is 0 Å². The third-order valence-corrected chi connectivity index (χ3v) is 4.00. The number of hydrogen-bond donors (Lipinski definition) is 0. The third-order valence-electron chi connectivity index (χ3n) is 3.82. The molecule has 1 fully saturated rings. The van der Waals surface area contributed by atoms with E-state index in [0.717, 1.165) is 50.2 Å². The van der Waals surface area contributed by atoms with Crippen molar-refractivity contribution < 1.29 is 14.2 Å². The SMILES string of the molecule is COc1cc2nc(Cl)ncc2cc1OCCCN1CCOCC1. The van der Waals surface area contributed by atoms with Gasteiger partial charge in [0, 0.05) is 37.3 Å². The lowest BCUT2D eigenvalue weighted by Gasteiger charge is -2.26. The fourth-order valence-electron chi connectivity index (χ4n) is 2.58. The van der Waals surface area contributed by atoms with Gasteiger partial charge in [-0.3, -0.25) is 4.90 Å². The van der Waals surface area contributed by atoms with Crippen molar-refractivity contribution in [2.45, 2.75) is 6.42 Å². The Morgan fingerprint density at radius 1 is 1.26 bits per heavy atom. The molecule has 0 amide bonds. The second kappa shape index (κ2) is 7.77. The van der Waals surface area contributed by atoms with Crippen LogP contribution >= 0.6 is 11.6 Å². The minimum atomic E-state index is 0.221. The second-order valence-electron chi connectivity index (χ2n) is 5.36. The van der Waals surface area contributed by atoms with Crippen LogP contribution in [0.1, 0.15) is 6.42 Å². The molecule has 3 rings (SSSR count). The minimum absolute atomic E-state index is 0.221. The molecule has 0 unspecified atom stereocenters. The molecule has 0 N–H and O–H groups in total. The summed E-state index contributed by atoms with van der Waals surface area (Å²) in [5.41, 5.74) is 0.738. The molecule has 6 nitrogen and oxygen atoms in total. The Hall–Kier alpha value is -1.63. The van der Waals surface area contributed by atoms with Gasteiger partial charge in [-0.15, -0.1) is 0 Å². The van der Waals surface area contributed by atoms with Gasteiger partial charge in [0.15, 0.2) is 11.5 Å². The quantitative estimate of drug-likeness (QED) is 0.596. The molecule has 0 bridgehead atoms. The summed E-state index contributed by atoms with van der Waals surface area (Å²) in [6, 6.07) is 3.71. The minimum Gasteiger partial charge on any atom is -0.493 e. The van der Waals surface area contributed by atoms with Crippen LogP contribution in [0.2, 0.25) is 5.28 Å². The number of benzene rings is 1. The van der Waals surface area contributed by atoms with Gasteiger partial charge in [-0.2, -0.15) is 0 Å². The molecule has 0 radical (unpaired) electrons. The maximum atomic E-state index is 5.89. The predicted molar refractivity (Wildman–Crippen MR) is 88.5 cm³/mol. The first-order valence-electron chi connectivity index (χ1n) is 7.69. The molecule has 1 saturated heterocycles. The molecule has 1 aliphatic rings. The van der Waals surface area contributed by atoms with Crippen LogP contribution in [0.5, 0.6) is 11.5 Å². The summed E-state index contributed by atoms with van der Waals surface area (Å²) in [5, 5.41) is 1.09. The molecular weight excluding hydrogens is 318 g/mol. The summed E-state index contributed by atoms with van der Waals surface area (Å²) in [5.74, 6) is 1.35. The van der Waals surface area contributed by atoms with Crippen molar-refractivity contribution >= 4 is 22.5 Å². The first-order chi connectivity index (χ1) is 11.3. The Morgan fingerprint density at radius 3 is 2.87 bits per heavy atom. The first-order valence-corrected chi connectivity index (χ1v) is 8.07. The topological polar surface area (TPSA) is 56.7 Å². The molecule has 1 aliphatic heterocycles. The lowest BCUT2D eigenvalue weighted by atomic mass is 10.2. The van der Waals surface area contributed by atoms with Gasteiger partial charge >= 0.3 is 0 Å². The average Bonchev–Trinajstić information content (AvgIpc) is 2.59. The molecule has 124 valence electrons. The Morgan fingerprint density at radius 2 is 2.09 bits per heavy atom. The maximum absolute atomic E-state index is 5.89. The van der Waals surface area contributed by atoms with E-state index in [2.05, 4.69) is 14.9 Å². The van der Waals surface area contributed by atoms with Crippen LogP contribution in [-0.2, 0) is 4.74 Å².